The van der Waals surface area contributed by atoms with Crippen molar-refractivity contribution in [3.8, 4) is 0 Å². The predicted octanol–water partition coefficient (Wildman–Crippen LogP) is 4.34. The van der Waals surface area contributed by atoms with Crippen LogP contribution in [-0.2, 0) is 0 Å². The van der Waals surface area contributed by atoms with Gasteiger partial charge in [0, 0.05) is 29.1 Å². The van der Waals surface area contributed by atoms with Gasteiger partial charge in [-0.05, 0) is 52.9 Å². The molecule has 2 aliphatic rings. The van der Waals surface area contributed by atoms with E-state index in [1.165, 1.54) is 31.7 Å². The minimum atomic E-state index is -0.158. The van der Waals surface area contributed by atoms with Crippen LogP contribution in [0, 0.1) is 11.7 Å². The van der Waals surface area contributed by atoms with Crippen LogP contribution in [0.1, 0.15) is 39.5 Å². The largest absolute Gasteiger partial charge is 0.364 e. The van der Waals surface area contributed by atoms with Gasteiger partial charge in [0.15, 0.2) is 0 Å². The summed E-state index contributed by atoms with van der Waals surface area (Å²) < 4.78 is 14.7. The lowest BCUT2D eigenvalue weighted by molar-refractivity contribution is 0.245. The summed E-state index contributed by atoms with van der Waals surface area (Å²) in [7, 11) is 0. The van der Waals surface area contributed by atoms with E-state index in [2.05, 4.69) is 40.0 Å². The number of benzene rings is 1. The molecular formula is C17H24BrFN2. The van der Waals surface area contributed by atoms with Crippen LogP contribution in [0.3, 0.4) is 0 Å². The second kappa shape index (κ2) is 5.88. The number of nitrogens with one attached hydrogen (secondary N) is 1. The van der Waals surface area contributed by atoms with Crippen LogP contribution < -0.4 is 10.2 Å². The van der Waals surface area contributed by atoms with Gasteiger partial charge in [-0.15, -0.1) is 0 Å². The topological polar surface area (TPSA) is 15.3 Å². The van der Waals surface area contributed by atoms with Gasteiger partial charge in [-0.3, -0.25) is 0 Å². The number of nitrogens with zero attached hydrogens (tertiary/aromatic N) is 1. The molecule has 21 heavy (non-hydrogen) atoms. The summed E-state index contributed by atoms with van der Waals surface area (Å²) >= 11 is 3.61. The fourth-order valence-corrected chi connectivity index (χ4v) is 4.36. The SMILES string of the molecule is CC(C)C1CNC2(CCCC2)CN1c1cc(F)ccc1Br. The second-order valence-electron chi connectivity index (χ2n) is 6.90. The highest BCUT2D eigenvalue weighted by Gasteiger charge is 2.42. The molecule has 1 aromatic carbocycles. The second-order valence-corrected chi connectivity index (χ2v) is 7.76. The number of piperazine rings is 1. The molecule has 0 radical (unpaired) electrons. The van der Waals surface area contributed by atoms with E-state index in [0.29, 0.717) is 12.0 Å². The van der Waals surface area contributed by atoms with E-state index >= 15 is 0 Å². The van der Waals surface area contributed by atoms with E-state index in [-0.39, 0.29) is 11.4 Å². The van der Waals surface area contributed by atoms with Crippen LogP contribution >= 0.6 is 15.9 Å². The van der Waals surface area contributed by atoms with E-state index < -0.39 is 0 Å². The van der Waals surface area contributed by atoms with Crippen molar-refractivity contribution < 1.29 is 4.39 Å². The number of hydrogen-bond acceptors (Lipinski definition) is 2. The Morgan fingerprint density at radius 2 is 2.05 bits per heavy atom. The van der Waals surface area contributed by atoms with Crippen LogP contribution in [0.15, 0.2) is 22.7 Å². The Labute approximate surface area is 135 Å². The van der Waals surface area contributed by atoms with Crippen LogP contribution in [0.25, 0.3) is 0 Å². The molecule has 4 heteroatoms. The number of anilines is 1. The Bertz CT molecular complexity index is 512. The molecule has 1 saturated carbocycles. The maximum atomic E-state index is 13.7. The number of rotatable bonds is 2. The molecule has 1 saturated heterocycles. The molecule has 0 aromatic heterocycles. The normalized spacial score (nSPS) is 25.0. The minimum absolute atomic E-state index is 0.158. The van der Waals surface area contributed by atoms with Crippen molar-refractivity contribution in [3.63, 3.8) is 0 Å². The first kappa shape index (κ1) is 15.3. The van der Waals surface area contributed by atoms with E-state index in [1.807, 2.05) is 6.07 Å². The van der Waals surface area contributed by atoms with Crippen molar-refractivity contribution >= 4 is 21.6 Å². The lowest BCUT2D eigenvalue weighted by Crippen LogP contribution is -2.64. The molecule has 1 N–H and O–H groups in total. The van der Waals surface area contributed by atoms with E-state index in [4.69, 9.17) is 0 Å². The first-order valence-corrected chi connectivity index (χ1v) is 8.77. The highest BCUT2D eigenvalue weighted by molar-refractivity contribution is 9.10. The number of hydrogen-bond donors (Lipinski definition) is 1. The maximum Gasteiger partial charge on any atom is 0.125 e. The van der Waals surface area contributed by atoms with Gasteiger partial charge in [-0.25, -0.2) is 4.39 Å². The first-order chi connectivity index (χ1) is 10.0. The van der Waals surface area contributed by atoms with Crippen molar-refractivity contribution in [3.05, 3.63) is 28.5 Å². The Morgan fingerprint density at radius 1 is 1.33 bits per heavy atom. The Hall–Kier alpha value is -0.610. The molecule has 1 heterocycles. The summed E-state index contributed by atoms with van der Waals surface area (Å²) in [5.74, 6) is 0.376. The van der Waals surface area contributed by atoms with E-state index in [9.17, 15) is 4.39 Å². The summed E-state index contributed by atoms with van der Waals surface area (Å²) in [6.07, 6.45) is 5.08. The molecule has 0 bridgehead atoms. The molecule has 1 aliphatic carbocycles. The zero-order valence-corrected chi connectivity index (χ0v) is 14.4. The molecule has 116 valence electrons. The lowest BCUT2D eigenvalue weighted by atomic mass is 9.88. The van der Waals surface area contributed by atoms with Gasteiger partial charge < -0.3 is 10.2 Å². The monoisotopic (exact) mass is 354 g/mol. The van der Waals surface area contributed by atoms with Crippen molar-refractivity contribution in [2.45, 2.75) is 51.1 Å². The summed E-state index contributed by atoms with van der Waals surface area (Å²) in [6, 6.07) is 5.43. The van der Waals surface area contributed by atoms with Crippen LogP contribution in [0.2, 0.25) is 0 Å². The molecule has 3 rings (SSSR count). The molecule has 1 unspecified atom stereocenters. The minimum Gasteiger partial charge on any atom is -0.364 e. The molecule has 2 fully saturated rings. The highest BCUT2D eigenvalue weighted by atomic mass is 79.9. The van der Waals surface area contributed by atoms with Crippen LogP contribution in [0.4, 0.5) is 10.1 Å². The predicted molar refractivity (Wildman–Crippen MR) is 89.3 cm³/mol. The highest BCUT2D eigenvalue weighted by Crippen LogP contribution is 2.38. The van der Waals surface area contributed by atoms with Gasteiger partial charge in [0.2, 0.25) is 0 Å². The third-order valence-electron chi connectivity index (χ3n) is 5.11. The van der Waals surface area contributed by atoms with Gasteiger partial charge in [-0.1, -0.05) is 26.7 Å². The fraction of sp³-hybridized carbons (Fsp3) is 0.647. The standard InChI is InChI=1S/C17H24BrFN2/c1-12(2)16-10-20-17(7-3-4-8-17)11-21(16)15-9-13(19)5-6-14(15)18/h5-6,9,12,16,20H,3-4,7-8,10-11H2,1-2H3. The maximum absolute atomic E-state index is 13.7. The zero-order valence-electron chi connectivity index (χ0n) is 12.8. The Morgan fingerprint density at radius 3 is 2.71 bits per heavy atom. The summed E-state index contributed by atoms with van der Waals surface area (Å²) in [4.78, 5) is 2.43. The van der Waals surface area contributed by atoms with Crippen molar-refractivity contribution in [1.82, 2.24) is 5.32 Å². The third kappa shape index (κ3) is 2.98. The van der Waals surface area contributed by atoms with Crippen molar-refractivity contribution in [2.75, 3.05) is 18.0 Å². The van der Waals surface area contributed by atoms with Crippen molar-refractivity contribution in [1.29, 1.82) is 0 Å². The summed E-state index contributed by atoms with van der Waals surface area (Å²) in [5.41, 5.74) is 1.23. The Kier molecular flexibility index (Phi) is 4.28. The molecule has 1 aromatic rings. The average molecular weight is 355 g/mol. The van der Waals surface area contributed by atoms with Crippen molar-refractivity contribution in [2.24, 2.45) is 5.92 Å². The van der Waals surface area contributed by atoms with Gasteiger partial charge in [0.05, 0.1) is 5.69 Å². The summed E-state index contributed by atoms with van der Waals surface area (Å²) in [5, 5.41) is 3.81. The van der Waals surface area contributed by atoms with Crippen LogP contribution in [0.5, 0.6) is 0 Å². The van der Waals surface area contributed by atoms with E-state index in [1.54, 1.807) is 6.07 Å². The Balaban J connectivity index is 1.95. The molecule has 1 aliphatic heterocycles. The van der Waals surface area contributed by atoms with Gasteiger partial charge in [0.1, 0.15) is 5.82 Å². The quantitative estimate of drug-likeness (QED) is 0.849. The molecule has 0 amide bonds. The molecule has 2 nitrogen and oxygen atoms in total. The lowest BCUT2D eigenvalue weighted by Gasteiger charge is -2.49. The third-order valence-corrected chi connectivity index (χ3v) is 5.78. The average Bonchev–Trinajstić information content (AvgIpc) is 2.89. The van der Waals surface area contributed by atoms with Gasteiger partial charge in [-0.2, -0.15) is 0 Å². The van der Waals surface area contributed by atoms with Crippen LogP contribution in [-0.4, -0.2) is 24.7 Å². The smallest absolute Gasteiger partial charge is 0.125 e. The summed E-state index contributed by atoms with van der Waals surface area (Å²) in [6.45, 7) is 6.47. The van der Waals surface area contributed by atoms with Gasteiger partial charge >= 0.3 is 0 Å². The molecule has 1 spiro atoms. The zero-order chi connectivity index (χ0) is 15.0. The van der Waals surface area contributed by atoms with Gasteiger partial charge in [0.25, 0.3) is 0 Å². The van der Waals surface area contributed by atoms with E-state index in [0.717, 1.165) is 23.2 Å². The number of halogens is 2. The fourth-order valence-electron chi connectivity index (χ4n) is 3.88. The molecule has 1 atom stereocenters. The molecular weight excluding hydrogens is 331 g/mol. The first-order valence-electron chi connectivity index (χ1n) is 7.97.